The van der Waals surface area contributed by atoms with Crippen molar-refractivity contribution in [3.05, 3.63) is 24.7 Å². The Morgan fingerprint density at radius 1 is 0.833 bits per heavy atom. The van der Waals surface area contributed by atoms with Crippen molar-refractivity contribution in [3.8, 4) is 0 Å². The highest BCUT2D eigenvalue weighted by molar-refractivity contribution is 4.73. The topological polar surface area (TPSA) is 18.5 Å². The van der Waals surface area contributed by atoms with Crippen molar-refractivity contribution in [2.24, 2.45) is 0 Å². The SMILES string of the molecule is CC=COC(C)C(C)OC=CC. The maximum Gasteiger partial charge on any atom is 0.131 e. The number of hydrogen-bond acceptors (Lipinski definition) is 2. The fourth-order valence-corrected chi connectivity index (χ4v) is 0.626. The molecule has 0 aliphatic rings. The fraction of sp³-hybridized carbons (Fsp3) is 0.600. The molecule has 0 aliphatic heterocycles. The maximum absolute atomic E-state index is 5.31. The largest absolute Gasteiger partial charge is 0.495 e. The van der Waals surface area contributed by atoms with E-state index < -0.39 is 0 Å². The second-order valence-corrected chi connectivity index (χ2v) is 2.62. The first kappa shape index (κ1) is 11.1. The van der Waals surface area contributed by atoms with E-state index >= 15 is 0 Å². The third-order valence-corrected chi connectivity index (χ3v) is 1.52. The molecule has 2 nitrogen and oxygen atoms in total. The highest BCUT2D eigenvalue weighted by Gasteiger charge is 2.10. The molecule has 0 radical (unpaired) electrons. The van der Waals surface area contributed by atoms with E-state index in [1.807, 2.05) is 39.8 Å². The van der Waals surface area contributed by atoms with Crippen LogP contribution in [0.4, 0.5) is 0 Å². The van der Waals surface area contributed by atoms with Crippen molar-refractivity contribution in [2.75, 3.05) is 0 Å². The third-order valence-electron chi connectivity index (χ3n) is 1.52. The van der Waals surface area contributed by atoms with Gasteiger partial charge in [-0.1, -0.05) is 12.2 Å². The molecule has 2 unspecified atom stereocenters. The van der Waals surface area contributed by atoms with Crippen molar-refractivity contribution in [1.29, 1.82) is 0 Å². The smallest absolute Gasteiger partial charge is 0.131 e. The normalized spacial score (nSPS) is 16.7. The van der Waals surface area contributed by atoms with Crippen LogP contribution in [0, 0.1) is 0 Å². The van der Waals surface area contributed by atoms with Gasteiger partial charge in [0.25, 0.3) is 0 Å². The molecule has 0 spiro atoms. The van der Waals surface area contributed by atoms with Crippen LogP contribution < -0.4 is 0 Å². The average Bonchev–Trinajstić information content (AvgIpc) is 2.10. The molecule has 2 heteroatoms. The Morgan fingerprint density at radius 2 is 1.17 bits per heavy atom. The molecule has 0 N–H and O–H groups in total. The molecule has 70 valence electrons. The molecule has 0 saturated heterocycles. The maximum atomic E-state index is 5.31. The van der Waals surface area contributed by atoms with Crippen molar-refractivity contribution < 1.29 is 9.47 Å². The van der Waals surface area contributed by atoms with Crippen LogP contribution in [0.25, 0.3) is 0 Å². The van der Waals surface area contributed by atoms with Crippen LogP contribution in [-0.4, -0.2) is 12.2 Å². The van der Waals surface area contributed by atoms with E-state index in [0.29, 0.717) is 0 Å². The van der Waals surface area contributed by atoms with Crippen LogP contribution in [0.15, 0.2) is 24.7 Å². The zero-order chi connectivity index (χ0) is 9.40. The second-order valence-electron chi connectivity index (χ2n) is 2.62. The Labute approximate surface area is 74.9 Å². The summed E-state index contributed by atoms with van der Waals surface area (Å²) in [5.41, 5.74) is 0. The summed E-state index contributed by atoms with van der Waals surface area (Å²) in [5, 5.41) is 0. The van der Waals surface area contributed by atoms with Gasteiger partial charge in [-0.25, -0.2) is 0 Å². The monoisotopic (exact) mass is 170 g/mol. The van der Waals surface area contributed by atoms with E-state index in [9.17, 15) is 0 Å². The summed E-state index contributed by atoms with van der Waals surface area (Å²) in [6, 6.07) is 0. The first-order valence-electron chi connectivity index (χ1n) is 4.25. The summed E-state index contributed by atoms with van der Waals surface area (Å²) in [6.45, 7) is 7.80. The van der Waals surface area contributed by atoms with Gasteiger partial charge in [-0.15, -0.1) is 0 Å². The average molecular weight is 170 g/mol. The van der Waals surface area contributed by atoms with Gasteiger partial charge in [0.15, 0.2) is 0 Å². The molecule has 0 aromatic rings. The molecule has 0 bridgehead atoms. The lowest BCUT2D eigenvalue weighted by atomic mass is 10.2. The Kier molecular flexibility index (Phi) is 6.25. The Hall–Kier alpha value is -0.920. The zero-order valence-electron chi connectivity index (χ0n) is 8.28. The number of rotatable bonds is 5. The molecule has 0 aliphatic carbocycles. The molecule has 0 rings (SSSR count). The lowest BCUT2D eigenvalue weighted by Crippen LogP contribution is -2.22. The second kappa shape index (κ2) is 6.77. The van der Waals surface area contributed by atoms with Crippen molar-refractivity contribution in [2.45, 2.75) is 39.9 Å². The predicted octanol–water partition coefficient (Wildman–Crippen LogP) is 2.86. The molecule has 2 atom stereocenters. The van der Waals surface area contributed by atoms with Gasteiger partial charge < -0.3 is 9.47 Å². The highest BCUT2D eigenvalue weighted by Crippen LogP contribution is 2.03. The van der Waals surface area contributed by atoms with E-state index in [2.05, 4.69) is 0 Å². The number of hydrogen-bond donors (Lipinski definition) is 0. The van der Waals surface area contributed by atoms with Crippen LogP contribution >= 0.6 is 0 Å². The van der Waals surface area contributed by atoms with Crippen molar-refractivity contribution in [1.82, 2.24) is 0 Å². The van der Waals surface area contributed by atoms with Crippen LogP contribution in [0.3, 0.4) is 0 Å². The van der Waals surface area contributed by atoms with Crippen LogP contribution in [0.1, 0.15) is 27.7 Å². The summed E-state index contributed by atoms with van der Waals surface area (Å²) < 4.78 is 10.6. The molecule has 0 heterocycles. The molecular weight excluding hydrogens is 152 g/mol. The lowest BCUT2D eigenvalue weighted by Gasteiger charge is -2.18. The minimum Gasteiger partial charge on any atom is -0.495 e. The highest BCUT2D eigenvalue weighted by atomic mass is 16.5. The van der Waals surface area contributed by atoms with Crippen LogP contribution in [0.2, 0.25) is 0 Å². The van der Waals surface area contributed by atoms with Crippen molar-refractivity contribution in [3.63, 3.8) is 0 Å². The van der Waals surface area contributed by atoms with Gasteiger partial charge in [-0.05, 0) is 27.7 Å². The summed E-state index contributed by atoms with van der Waals surface area (Å²) >= 11 is 0. The molecule has 0 fully saturated rings. The van der Waals surface area contributed by atoms with E-state index in [1.165, 1.54) is 0 Å². The van der Waals surface area contributed by atoms with Gasteiger partial charge in [-0.2, -0.15) is 0 Å². The molecule has 0 saturated carbocycles. The lowest BCUT2D eigenvalue weighted by molar-refractivity contribution is 0.0211. The van der Waals surface area contributed by atoms with Gasteiger partial charge in [0.1, 0.15) is 12.2 Å². The minimum atomic E-state index is 0.0809. The van der Waals surface area contributed by atoms with E-state index in [0.717, 1.165) is 0 Å². The summed E-state index contributed by atoms with van der Waals surface area (Å²) in [7, 11) is 0. The first-order valence-corrected chi connectivity index (χ1v) is 4.25. The summed E-state index contributed by atoms with van der Waals surface area (Å²) in [4.78, 5) is 0. The quantitative estimate of drug-likeness (QED) is 0.591. The number of ether oxygens (including phenoxy) is 2. The van der Waals surface area contributed by atoms with E-state index in [4.69, 9.17) is 9.47 Å². The Morgan fingerprint density at radius 3 is 1.42 bits per heavy atom. The van der Waals surface area contributed by atoms with E-state index in [1.54, 1.807) is 12.5 Å². The Balaban J connectivity index is 3.67. The molecule has 0 amide bonds. The molecule has 12 heavy (non-hydrogen) atoms. The number of allylic oxidation sites excluding steroid dienone is 2. The third kappa shape index (κ3) is 4.83. The summed E-state index contributed by atoms with van der Waals surface area (Å²) in [5.74, 6) is 0. The molecular formula is C10H18O2. The predicted molar refractivity (Wildman–Crippen MR) is 50.7 cm³/mol. The van der Waals surface area contributed by atoms with Gasteiger partial charge >= 0.3 is 0 Å². The standard InChI is InChI=1S/C10H18O2/c1-5-7-11-9(3)10(4)12-8-6-2/h5-10H,1-4H3. The van der Waals surface area contributed by atoms with Crippen molar-refractivity contribution >= 4 is 0 Å². The van der Waals surface area contributed by atoms with Crippen LogP contribution in [-0.2, 0) is 9.47 Å². The molecule has 0 aromatic carbocycles. The van der Waals surface area contributed by atoms with Gasteiger partial charge in [0, 0.05) is 0 Å². The van der Waals surface area contributed by atoms with E-state index in [-0.39, 0.29) is 12.2 Å². The van der Waals surface area contributed by atoms with Gasteiger partial charge in [0.05, 0.1) is 12.5 Å². The molecule has 0 aromatic heterocycles. The van der Waals surface area contributed by atoms with Gasteiger partial charge in [0.2, 0.25) is 0 Å². The Bertz CT molecular complexity index is 132. The fourth-order valence-electron chi connectivity index (χ4n) is 0.626. The zero-order valence-corrected chi connectivity index (χ0v) is 8.28. The van der Waals surface area contributed by atoms with Gasteiger partial charge in [-0.3, -0.25) is 0 Å². The van der Waals surface area contributed by atoms with Crippen LogP contribution in [0.5, 0.6) is 0 Å². The summed E-state index contributed by atoms with van der Waals surface area (Å²) in [6.07, 6.45) is 7.24. The minimum absolute atomic E-state index is 0.0809. The first-order chi connectivity index (χ1) is 5.72.